The summed E-state index contributed by atoms with van der Waals surface area (Å²) in [7, 11) is 0. The topological polar surface area (TPSA) is 42.3 Å². The molecule has 3 aromatic heterocycles. The van der Waals surface area contributed by atoms with E-state index in [0.29, 0.717) is 0 Å². The molecule has 3 heterocycles. The summed E-state index contributed by atoms with van der Waals surface area (Å²) in [6, 6.07) is 12.3. The molecule has 0 fully saturated rings. The second-order valence-electron chi connectivity index (χ2n) is 7.88. The minimum absolute atomic E-state index is 0. The fraction of sp³-hybridized carbons (Fsp3) is 0.556. The predicted molar refractivity (Wildman–Crippen MR) is 153 cm³/mol. The molecule has 189 valence electrons. The van der Waals surface area contributed by atoms with Gasteiger partial charge in [0.15, 0.2) is 0 Å². The van der Waals surface area contributed by atoms with E-state index in [4.69, 9.17) is 0 Å². The van der Waals surface area contributed by atoms with Gasteiger partial charge in [0.05, 0.1) is 0 Å². The zero-order valence-corrected chi connectivity index (χ0v) is 26.2. The summed E-state index contributed by atoms with van der Waals surface area (Å²) in [5.74, 6) is 0. The van der Waals surface area contributed by atoms with Crippen LogP contribution >= 0.6 is 47.8 Å². The molecule has 0 aliphatic heterocycles. The third-order valence-corrected chi connectivity index (χ3v) is 6.73. The van der Waals surface area contributed by atoms with Gasteiger partial charge in [0, 0.05) is 16.0 Å². The monoisotopic (exact) mass is 694 g/mol. The van der Waals surface area contributed by atoms with Gasteiger partial charge in [-0.3, -0.25) is 0 Å². The van der Waals surface area contributed by atoms with Gasteiger partial charge in [-0.2, -0.15) is 35.7 Å². The van der Waals surface area contributed by atoms with Crippen molar-refractivity contribution in [3.63, 3.8) is 0 Å². The van der Waals surface area contributed by atoms with Crippen molar-refractivity contribution in [3.8, 4) is 0 Å². The molecule has 7 heteroatoms. The third-order valence-electron chi connectivity index (χ3n) is 5.04. The van der Waals surface area contributed by atoms with Gasteiger partial charge in [0.25, 0.3) is 0 Å². The minimum Gasteiger partial charge on any atom is -0.668 e. The Balaban J connectivity index is 0.000000473. The van der Waals surface area contributed by atoms with E-state index in [0.717, 1.165) is 35.3 Å². The van der Waals surface area contributed by atoms with Crippen LogP contribution in [0.25, 0.3) is 0 Å². The SMILES string of the molecule is BrCCCCCc1ccc[n-]1.BrCCCCCc1ccc[n-]1.BrCCCCCc1ccc[n-]1.[Cr+3]. The number of aromatic nitrogens is 3. The van der Waals surface area contributed by atoms with Crippen LogP contribution in [-0.4, -0.2) is 16.0 Å². The van der Waals surface area contributed by atoms with Crippen molar-refractivity contribution in [1.29, 1.82) is 0 Å². The van der Waals surface area contributed by atoms with E-state index < -0.39 is 0 Å². The number of unbranched alkanes of at least 4 members (excludes halogenated alkanes) is 6. The molecule has 34 heavy (non-hydrogen) atoms. The average Bonchev–Trinajstić information content (AvgIpc) is 3.63. The summed E-state index contributed by atoms with van der Waals surface area (Å²) < 4.78 is 0. The minimum atomic E-state index is 0. The average molecular weight is 697 g/mol. The maximum atomic E-state index is 4.20. The normalized spacial score (nSPS) is 9.97. The molecule has 0 aliphatic carbocycles. The van der Waals surface area contributed by atoms with Crippen LogP contribution in [0.5, 0.6) is 0 Å². The summed E-state index contributed by atoms with van der Waals surface area (Å²) in [6.45, 7) is 0. The molecule has 1 radical (unpaired) electrons. The van der Waals surface area contributed by atoms with Crippen LogP contribution in [0.15, 0.2) is 55.0 Å². The van der Waals surface area contributed by atoms with Crippen molar-refractivity contribution in [2.45, 2.75) is 77.0 Å². The molecule has 0 aromatic carbocycles. The molecule has 3 nitrogen and oxygen atoms in total. The predicted octanol–water partition coefficient (Wildman–Crippen LogP) is 8.25. The van der Waals surface area contributed by atoms with Crippen LogP contribution in [0.1, 0.15) is 74.9 Å². The Morgan fingerprint density at radius 2 is 0.735 bits per heavy atom. The van der Waals surface area contributed by atoms with Gasteiger partial charge in [-0.1, -0.05) is 123 Å². The van der Waals surface area contributed by atoms with E-state index in [1.54, 1.807) is 0 Å². The molecule has 3 rings (SSSR count). The zero-order valence-electron chi connectivity index (χ0n) is 20.2. The number of aryl methyl sites for hydroxylation is 3. The van der Waals surface area contributed by atoms with Gasteiger partial charge < -0.3 is 15.0 Å². The molecule has 0 amide bonds. The van der Waals surface area contributed by atoms with E-state index in [1.165, 1.54) is 74.9 Å². The second-order valence-corrected chi connectivity index (χ2v) is 10.3. The second kappa shape index (κ2) is 25.9. The Morgan fingerprint density at radius 1 is 0.441 bits per heavy atom. The van der Waals surface area contributed by atoms with Gasteiger partial charge in [0.2, 0.25) is 0 Å². The molecule has 0 saturated heterocycles. The molecule has 0 atom stereocenters. The van der Waals surface area contributed by atoms with Gasteiger partial charge in [0.1, 0.15) is 0 Å². The Morgan fingerprint density at radius 3 is 0.941 bits per heavy atom. The largest absolute Gasteiger partial charge is 3.00 e. The quantitative estimate of drug-likeness (QED) is 0.119. The Bertz CT molecular complexity index is 616. The van der Waals surface area contributed by atoms with Gasteiger partial charge >= 0.3 is 17.4 Å². The van der Waals surface area contributed by atoms with Gasteiger partial charge in [-0.25, -0.2) is 0 Å². The molecule has 3 aromatic rings. The first-order valence-electron chi connectivity index (χ1n) is 12.2. The van der Waals surface area contributed by atoms with Crippen LogP contribution < -0.4 is 15.0 Å². The van der Waals surface area contributed by atoms with Crippen molar-refractivity contribution in [1.82, 2.24) is 15.0 Å². The Kier molecular flexibility index (Phi) is 25.7. The standard InChI is InChI=1S/3C9H13BrN.Cr/c3*10-7-3-1-2-5-9-6-4-8-11-9;/h3*4,6,8H,1-3,5,7H2;/q3*-1;+3. The maximum absolute atomic E-state index is 4.20. The van der Waals surface area contributed by atoms with Gasteiger partial charge in [-0.05, 0) is 38.5 Å². The molecule has 0 aliphatic rings. The Hall–Kier alpha value is -0.188. The van der Waals surface area contributed by atoms with Crippen LogP contribution in [0, 0.1) is 0 Å². The van der Waals surface area contributed by atoms with E-state index in [9.17, 15) is 0 Å². The van der Waals surface area contributed by atoms with Crippen molar-refractivity contribution < 1.29 is 17.4 Å². The van der Waals surface area contributed by atoms with E-state index in [-0.39, 0.29) is 17.4 Å². The van der Waals surface area contributed by atoms with E-state index in [2.05, 4.69) is 80.9 Å². The first-order chi connectivity index (χ1) is 16.3. The van der Waals surface area contributed by atoms with Crippen molar-refractivity contribution in [3.05, 3.63) is 72.1 Å². The zero-order chi connectivity index (χ0) is 23.8. The summed E-state index contributed by atoms with van der Waals surface area (Å²) in [5.41, 5.74) is 3.71. The van der Waals surface area contributed by atoms with E-state index in [1.807, 2.05) is 36.8 Å². The number of nitrogens with zero attached hydrogens (tertiary/aromatic N) is 3. The summed E-state index contributed by atoms with van der Waals surface area (Å²) in [6.07, 6.45) is 20.5. The summed E-state index contributed by atoms with van der Waals surface area (Å²) in [4.78, 5) is 12.6. The van der Waals surface area contributed by atoms with E-state index >= 15 is 0 Å². The third kappa shape index (κ3) is 20.0. The van der Waals surface area contributed by atoms with Crippen molar-refractivity contribution in [2.75, 3.05) is 16.0 Å². The van der Waals surface area contributed by atoms with Crippen molar-refractivity contribution in [2.24, 2.45) is 0 Å². The fourth-order valence-electron chi connectivity index (χ4n) is 3.18. The molecule has 0 spiro atoms. The van der Waals surface area contributed by atoms with Crippen LogP contribution in [0.4, 0.5) is 0 Å². The molecular formula is C27H39Br3CrN3. The molecule has 0 saturated carbocycles. The van der Waals surface area contributed by atoms with Crippen molar-refractivity contribution >= 4 is 47.8 Å². The fourth-order valence-corrected chi connectivity index (χ4v) is 4.37. The molecule has 0 unspecified atom stereocenters. The number of alkyl halides is 3. The first kappa shape index (κ1) is 33.8. The maximum Gasteiger partial charge on any atom is 3.00 e. The smallest absolute Gasteiger partial charge is 0.668 e. The molecule has 0 bridgehead atoms. The number of rotatable bonds is 15. The number of hydrogen-bond acceptors (Lipinski definition) is 0. The molecule has 0 N–H and O–H groups in total. The van der Waals surface area contributed by atoms with Crippen LogP contribution in [0.3, 0.4) is 0 Å². The first-order valence-corrected chi connectivity index (χ1v) is 15.5. The summed E-state index contributed by atoms with van der Waals surface area (Å²) in [5, 5.41) is 3.38. The number of halogens is 3. The Labute approximate surface area is 243 Å². The molecular weight excluding hydrogens is 658 g/mol. The van der Waals surface area contributed by atoms with Crippen LogP contribution in [-0.2, 0) is 36.6 Å². The van der Waals surface area contributed by atoms with Crippen LogP contribution in [0.2, 0.25) is 0 Å². The summed E-state index contributed by atoms with van der Waals surface area (Å²) >= 11 is 10.2. The number of hydrogen-bond donors (Lipinski definition) is 0. The van der Waals surface area contributed by atoms with Gasteiger partial charge in [-0.15, -0.1) is 0 Å².